The minimum Gasteiger partial charge on any atom is -0.480 e. The van der Waals surface area contributed by atoms with Crippen molar-refractivity contribution in [3.8, 4) is 23.6 Å². The normalized spacial score (nSPS) is 20.4. The van der Waals surface area contributed by atoms with Crippen molar-refractivity contribution in [3.05, 3.63) is 147 Å². The number of carbonyl (C=O) groups excluding carboxylic acids is 4. The van der Waals surface area contributed by atoms with Crippen LogP contribution in [-0.4, -0.2) is 352 Å². The van der Waals surface area contributed by atoms with E-state index in [9.17, 15) is 93.9 Å². The molecule has 0 aliphatic carbocycles. The van der Waals surface area contributed by atoms with E-state index in [4.69, 9.17) is 36.2 Å². The number of aromatic nitrogens is 7. The van der Waals surface area contributed by atoms with Crippen LogP contribution in [0.3, 0.4) is 0 Å². The second kappa shape index (κ2) is 48.0. The standard InChI is InChI=1S/C34H47N9O10S.C23H32N4O6.C11H15N5O4S.2CO2/c1-23-15-42(29-14-27(45)28(21-44)54-29)34(53)43(33(23)52)22-41-17-26(35-36-41)25-4-2-24(3-5-25)16-37-6-8-38(18-30(46)47)10-12-40(20-32(50)51)13-11-39(9-7-37)19-31(48)49;1-3-18-4-6-19(7-5-18)22(23(32)33)27-14-9-24(2)8-10-25(16-20(28)29)11-12-26(13-15-27)17-21(30)31;1-6-3-15(9-2-7(18)8(4-17)21-9)11(20)16(10(6)19)5-13-14-12;2*2-1-3/h2-5,15,17,27-29,44-45H,6-14,16,18-22H2,1H3,(H,46,47)(H,48,49)(H,50,51);1,4-7,22H,8-17H2,2H3,(H,28,29)(H,30,31)(H,32,33);3,7-9,17-18H,2,4-5H2,1H3;;/t27?,28-,29?;;7?,8-,9?;;/m1.1../s1. The van der Waals surface area contributed by atoms with E-state index in [0.717, 1.165) is 20.3 Å². The zero-order valence-electron chi connectivity index (χ0n) is 62.8. The maximum atomic E-state index is 13.4. The predicted octanol–water partition coefficient (Wildman–Crippen LogP) is -2.99. The van der Waals surface area contributed by atoms with Crippen LogP contribution in [0.15, 0.2) is 91.4 Å². The zero-order chi connectivity index (χ0) is 84.3. The van der Waals surface area contributed by atoms with E-state index < -0.39 is 87.2 Å². The highest BCUT2D eigenvalue weighted by molar-refractivity contribution is 8.00. The number of aliphatic hydroxyl groups is 4. The maximum absolute atomic E-state index is 13.4. The summed E-state index contributed by atoms with van der Waals surface area (Å²) in [7, 11) is 1.91. The highest BCUT2D eigenvalue weighted by Gasteiger charge is 2.37. The fourth-order valence-electron chi connectivity index (χ4n) is 12.7. The Morgan fingerprint density at radius 2 is 0.939 bits per heavy atom. The number of likely N-dealkylation sites (N-methyl/N-ethyl adjacent to an activating group) is 1. The maximum Gasteiger partial charge on any atom is 0.373 e. The monoisotopic (exact) mass is 1630 g/mol. The van der Waals surface area contributed by atoms with Crippen LogP contribution in [0.5, 0.6) is 0 Å². The first-order valence-corrected chi connectivity index (χ1v) is 37.4. The van der Waals surface area contributed by atoms with Gasteiger partial charge in [-0.25, -0.2) is 18.8 Å². The van der Waals surface area contributed by atoms with E-state index >= 15 is 0 Å². The Labute approximate surface area is 659 Å². The molecule has 114 heavy (non-hydrogen) atoms. The second-order valence-corrected chi connectivity index (χ2v) is 29.5. The number of hydrogen-bond acceptors (Lipinski definition) is 31. The lowest BCUT2D eigenvalue weighted by molar-refractivity contribution is -0.193. The Morgan fingerprint density at radius 3 is 1.32 bits per heavy atom. The quantitative estimate of drug-likeness (QED) is 0.0127. The Bertz CT molecular complexity index is 4400. The van der Waals surface area contributed by atoms with Crippen molar-refractivity contribution < 1.29 is 99.0 Å². The van der Waals surface area contributed by atoms with Gasteiger partial charge in [0.05, 0.1) is 85.6 Å². The topological polar surface area (TPSA) is 566 Å². The third-order valence-corrected chi connectivity index (χ3v) is 21.7. The van der Waals surface area contributed by atoms with Gasteiger partial charge in [0.1, 0.15) is 25.1 Å². The lowest BCUT2D eigenvalue weighted by atomic mass is 10.0. The molecule has 4 aliphatic rings. The van der Waals surface area contributed by atoms with Crippen molar-refractivity contribution >= 4 is 71.6 Å². The number of aliphatic carboxylic acids is 6. The van der Waals surface area contributed by atoms with Gasteiger partial charge in [-0.15, -0.1) is 35.0 Å². The first kappa shape index (κ1) is 94.2. The molecule has 7 heterocycles. The molecule has 9 rings (SSSR count). The van der Waals surface area contributed by atoms with Crippen molar-refractivity contribution in [2.45, 2.75) is 86.1 Å². The van der Waals surface area contributed by atoms with E-state index in [1.54, 1.807) is 68.8 Å². The molecule has 2 aromatic carbocycles. The number of hydrogen-bond donors (Lipinski definition) is 10. The number of aliphatic hydroxyl groups excluding tert-OH is 4. The molecule has 10 N–H and O–H groups in total. The molecule has 4 fully saturated rings. The average molecular weight is 1640 g/mol. The molecule has 0 radical (unpaired) electrons. The SMILES string of the molecule is C#Cc1ccc(C(C(=O)O)N2CCN(C)CCN(CC(=O)O)CCN(CC(=O)O)CC2)cc1.Cc1cn(C2CC(O)[C@@H](CO)S2)c(=O)n(CN=[N+]=[N-])c1=O.Cc1cn(C2CC(O)[C@@H](CO)S2)c(=O)n(Cn2cc(-c3ccc(CN4CCN(CC(=O)O)CCN(CC(=O)O)CCN(CC(=O)O)CC4)cc3)nn2)c1=O.O=C=O.O=C=O. The molecule has 42 nitrogen and oxygen atoms in total. The summed E-state index contributed by atoms with van der Waals surface area (Å²) < 4.78 is 6.07. The molecule has 4 saturated heterocycles. The van der Waals surface area contributed by atoms with Crippen LogP contribution < -0.4 is 22.5 Å². The van der Waals surface area contributed by atoms with Crippen LogP contribution in [0.1, 0.15) is 57.4 Å². The summed E-state index contributed by atoms with van der Waals surface area (Å²) in [6, 6.07) is 13.5. The first-order chi connectivity index (χ1) is 54.3. The number of carboxylic acid groups (broad SMARTS) is 6. The van der Waals surface area contributed by atoms with Crippen molar-refractivity contribution in [2.75, 3.05) is 158 Å². The Balaban J connectivity index is 0.000000326. The van der Waals surface area contributed by atoms with E-state index in [-0.39, 0.29) is 88.6 Å². The van der Waals surface area contributed by atoms with Crippen LogP contribution in [0.2, 0.25) is 0 Å². The predicted molar refractivity (Wildman–Crippen MR) is 405 cm³/mol. The van der Waals surface area contributed by atoms with Gasteiger partial charge in [-0.05, 0) is 49.7 Å². The molecule has 7 atom stereocenters. The van der Waals surface area contributed by atoms with Crippen molar-refractivity contribution in [1.82, 2.24) is 72.5 Å². The van der Waals surface area contributed by atoms with Gasteiger partial charge in [-0.2, -0.15) is 19.2 Å². The van der Waals surface area contributed by atoms with Crippen molar-refractivity contribution in [3.63, 3.8) is 0 Å². The summed E-state index contributed by atoms with van der Waals surface area (Å²) in [6.07, 6.45) is 9.53. The van der Waals surface area contributed by atoms with Gasteiger partial charge >= 0.3 is 59.5 Å². The fourth-order valence-corrected chi connectivity index (χ4v) is 15.4. The number of thioether (sulfide) groups is 2. The van der Waals surface area contributed by atoms with E-state index in [1.807, 2.05) is 41.1 Å². The number of nitrogens with zero attached hydrogens (tertiary/aromatic N) is 18. The minimum absolute atomic E-state index is 0.115. The van der Waals surface area contributed by atoms with Crippen LogP contribution in [-0.2, 0) is 67.8 Å². The molecular formula is C70H94N18O24S2. The summed E-state index contributed by atoms with van der Waals surface area (Å²) in [5, 5.41) is 106. The average Bonchev–Trinajstić information content (AvgIpc) is 1.64. The van der Waals surface area contributed by atoms with E-state index in [1.165, 1.54) is 49.7 Å². The molecule has 5 aromatic rings. The number of carbonyl (C=O) groups is 6. The number of terminal acetylenes is 1. The summed E-state index contributed by atoms with van der Waals surface area (Å²) in [4.78, 5) is 170. The largest absolute Gasteiger partial charge is 0.480 e. The van der Waals surface area contributed by atoms with Gasteiger partial charge in [-0.3, -0.25) is 86.4 Å². The molecule has 5 unspecified atom stereocenters. The Kier molecular flexibility index (Phi) is 39.6. The molecule has 0 spiro atoms. The number of azide groups is 1. The van der Waals surface area contributed by atoms with Crippen LogP contribution in [0.4, 0.5) is 0 Å². The number of carboxylic acids is 6. The highest BCUT2D eigenvalue weighted by Crippen LogP contribution is 2.41. The van der Waals surface area contributed by atoms with Crippen molar-refractivity contribution in [1.29, 1.82) is 0 Å². The molecular weight excluding hydrogens is 1540 g/mol. The summed E-state index contributed by atoms with van der Waals surface area (Å²) in [6.45, 7) is 8.47. The molecule has 620 valence electrons. The molecule has 0 saturated carbocycles. The highest BCUT2D eigenvalue weighted by atomic mass is 32.2. The van der Waals surface area contributed by atoms with E-state index in [2.05, 4.69) is 31.2 Å². The van der Waals surface area contributed by atoms with Crippen LogP contribution >= 0.6 is 23.5 Å². The smallest absolute Gasteiger partial charge is 0.373 e. The van der Waals surface area contributed by atoms with Gasteiger partial charge in [0.15, 0.2) is 0 Å². The van der Waals surface area contributed by atoms with Crippen LogP contribution in [0, 0.1) is 26.2 Å². The molecule has 0 bridgehead atoms. The Morgan fingerprint density at radius 1 is 0.561 bits per heavy atom. The van der Waals surface area contributed by atoms with E-state index in [0.29, 0.717) is 146 Å². The third kappa shape index (κ3) is 30.2. The molecule has 4 aliphatic heterocycles. The second-order valence-electron chi connectivity index (χ2n) is 26.7. The minimum atomic E-state index is -1.01. The fraction of sp³-hybridized carbons (Fsp3) is 0.543. The molecule has 44 heteroatoms. The molecule has 3 aromatic heterocycles. The number of aryl methyl sites for hydroxylation is 2. The number of benzene rings is 2. The lowest BCUT2D eigenvalue weighted by Gasteiger charge is -2.35. The van der Waals surface area contributed by atoms with Gasteiger partial charge in [0.25, 0.3) is 11.1 Å². The summed E-state index contributed by atoms with van der Waals surface area (Å²) in [5.41, 5.74) is 10.3. The summed E-state index contributed by atoms with van der Waals surface area (Å²) >= 11 is 2.56. The van der Waals surface area contributed by atoms with Gasteiger partial charge in [-0.1, -0.05) is 52.6 Å². The first-order valence-electron chi connectivity index (χ1n) is 35.5. The zero-order valence-corrected chi connectivity index (χ0v) is 64.5. The molecule has 0 amide bonds. The van der Waals surface area contributed by atoms with Gasteiger partial charge in [0, 0.05) is 164 Å². The number of rotatable bonds is 24. The van der Waals surface area contributed by atoms with Crippen molar-refractivity contribution in [2.24, 2.45) is 5.11 Å². The third-order valence-electron chi connectivity index (χ3n) is 18.6. The van der Waals surface area contributed by atoms with Crippen LogP contribution in [0.25, 0.3) is 21.7 Å². The van der Waals surface area contributed by atoms with Gasteiger partial charge in [0.2, 0.25) is 0 Å². The lowest BCUT2D eigenvalue weighted by Crippen LogP contribution is -2.48. The Hall–Kier alpha value is -10.4. The van der Waals surface area contributed by atoms with Gasteiger partial charge < -0.3 is 56.0 Å². The summed E-state index contributed by atoms with van der Waals surface area (Å²) in [5.74, 6) is -3.36.